The Kier molecular flexibility index (Phi) is 4.27. The van der Waals surface area contributed by atoms with Gasteiger partial charge in [0.05, 0.1) is 18.9 Å². The van der Waals surface area contributed by atoms with Gasteiger partial charge in [-0.05, 0) is 38.3 Å². The summed E-state index contributed by atoms with van der Waals surface area (Å²) in [7, 11) is 1.54. The third kappa shape index (κ3) is 3.38. The molecule has 0 radical (unpaired) electrons. The topological polar surface area (TPSA) is 73.6 Å². The van der Waals surface area contributed by atoms with Crippen LogP contribution in [0.15, 0.2) is 18.2 Å². The number of nitrogens with one attached hydrogen (secondary N) is 1. The Bertz CT molecular complexity index is 458. The lowest BCUT2D eigenvalue weighted by Gasteiger charge is -2.28. The maximum absolute atomic E-state index is 12.0. The van der Waals surface area contributed by atoms with Gasteiger partial charge in [-0.15, -0.1) is 0 Å². The number of methoxy groups -OCH3 is 1. The van der Waals surface area contributed by atoms with Crippen molar-refractivity contribution in [2.75, 3.05) is 18.2 Å². The summed E-state index contributed by atoms with van der Waals surface area (Å²) in [4.78, 5) is 12.0. The lowest BCUT2D eigenvalue weighted by atomic mass is 9.96. The van der Waals surface area contributed by atoms with Crippen molar-refractivity contribution in [3.8, 4) is 5.75 Å². The van der Waals surface area contributed by atoms with Crippen molar-refractivity contribution < 1.29 is 14.3 Å². The standard InChI is InChI=1S/C14H20N2O3/c1-9(19-11-4-3-5-11)14(17)16-12-7-6-10(15)8-13(12)18-2/h6-9,11H,3-5,15H2,1-2H3,(H,16,17). The van der Waals surface area contributed by atoms with E-state index < -0.39 is 6.10 Å². The summed E-state index contributed by atoms with van der Waals surface area (Å²) in [5.74, 6) is 0.374. The van der Waals surface area contributed by atoms with Crippen LogP contribution in [0.4, 0.5) is 11.4 Å². The van der Waals surface area contributed by atoms with Gasteiger partial charge in [0, 0.05) is 11.8 Å². The molecule has 1 aliphatic rings. The molecule has 1 amide bonds. The van der Waals surface area contributed by atoms with E-state index in [0.717, 1.165) is 12.8 Å². The summed E-state index contributed by atoms with van der Waals surface area (Å²) >= 11 is 0. The number of ether oxygens (including phenoxy) is 2. The predicted octanol–water partition coefficient (Wildman–Crippen LogP) is 2.17. The van der Waals surface area contributed by atoms with Crippen molar-refractivity contribution in [3.05, 3.63) is 18.2 Å². The van der Waals surface area contributed by atoms with E-state index in [-0.39, 0.29) is 12.0 Å². The summed E-state index contributed by atoms with van der Waals surface area (Å²) in [6.07, 6.45) is 3.04. The zero-order chi connectivity index (χ0) is 13.8. The number of anilines is 2. The molecule has 1 atom stereocenters. The van der Waals surface area contributed by atoms with E-state index >= 15 is 0 Å². The third-order valence-corrected chi connectivity index (χ3v) is 3.30. The van der Waals surface area contributed by atoms with E-state index in [4.69, 9.17) is 15.2 Å². The van der Waals surface area contributed by atoms with Crippen LogP contribution in [0.25, 0.3) is 0 Å². The number of benzene rings is 1. The summed E-state index contributed by atoms with van der Waals surface area (Å²) in [6, 6.07) is 5.12. The van der Waals surface area contributed by atoms with Gasteiger partial charge in [0.25, 0.3) is 5.91 Å². The Morgan fingerprint density at radius 2 is 2.21 bits per heavy atom. The highest BCUT2D eigenvalue weighted by Gasteiger charge is 2.24. The molecule has 0 aliphatic heterocycles. The lowest BCUT2D eigenvalue weighted by Crippen LogP contribution is -2.34. The highest BCUT2D eigenvalue weighted by Crippen LogP contribution is 2.27. The summed E-state index contributed by atoms with van der Waals surface area (Å²) in [5, 5.41) is 2.80. The monoisotopic (exact) mass is 264 g/mol. The number of hydrogen-bond donors (Lipinski definition) is 2. The van der Waals surface area contributed by atoms with Crippen molar-refractivity contribution >= 4 is 17.3 Å². The lowest BCUT2D eigenvalue weighted by molar-refractivity contribution is -0.133. The molecular formula is C14H20N2O3. The Balaban J connectivity index is 1.97. The van der Waals surface area contributed by atoms with Gasteiger partial charge < -0.3 is 20.5 Å². The zero-order valence-corrected chi connectivity index (χ0v) is 11.3. The molecule has 0 bridgehead atoms. The van der Waals surface area contributed by atoms with Gasteiger partial charge in [0.1, 0.15) is 11.9 Å². The third-order valence-electron chi connectivity index (χ3n) is 3.30. The summed E-state index contributed by atoms with van der Waals surface area (Å²) in [5.41, 5.74) is 6.86. The van der Waals surface area contributed by atoms with Crippen molar-refractivity contribution in [2.24, 2.45) is 0 Å². The molecule has 0 heterocycles. The first kappa shape index (κ1) is 13.7. The number of carbonyl (C=O) groups is 1. The SMILES string of the molecule is COc1cc(N)ccc1NC(=O)C(C)OC1CCC1. The maximum atomic E-state index is 12.0. The number of hydrogen-bond acceptors (Lipinski definition) is 4. The first-order valence-corrected chi connectivity index (χ1v) is 6.50. The van der Waals surface area contributed by atoms with Crippen LogP contribution in [-0.2, 0) is 9.53 Å². The minimum atomic E-state index is -0.465. The minimum Gasteiger partial charge on any atom is -0.494 e. The number of carbonyl (C=O) groups excluding carboxylic acids is 1. The number of nitrogens with two attached hydrogens (primary N) is 1. The number of rotatable bonds is 5. The average molecular weight is 264 g/mol. The predicted molar refractivity (Wildman–Crippen MR) is 74.2 cm³/mol. The molecule has 1 fully saturated rings. The van der Waals surface area contributed by atoms with Gasteiger partial charge in [-0.2, -0.15) is 0 Å². The molecule has 19 heavy (non-hydrogen) atoms. The second-order valence-electron chi connectivity index (χ2n) is 4.78. The van der Waals surface area contributed by atoms with Crippen LogP contribution in [-0.4, -0.2) is 25.2 Å². The van der Waals surface area contributed by atoms with E-state index in [1.54, 1.807) is 32.2 Å². The van der Waals surface area contributed by atoms with Gasteiger partial charge in [0.15, 0.2) is 0 Å². The molecule has 1 saturated carbocycles. The van der Waals surface area contributed by atoms with Gasteiger partial charge in [-0.1, -0.05) is 0 Å². The second kappa shape index (κ2) is 5.93. The van der Waals surface area contributed by atoms with Crippen LogP contribution >= 0.6 is 0 Å². The van der Waals surface area contributed by atoms with Crippen molar-refractivity contribution in [2.45, 2.75) is 38.4 Å². The van der Waals surface area contributed by atoms with Crippen LogP contribution < -0.4 is 15.8 Å². The Morgan fingerprint density at radius 1 is 1.47 bits per heavy atom. The molecule has 1 aliphatic carbocycles. The fourth-order valence-corrected chi connectivity index (χ4v) is 1.90. The first-order valence-electron chi connectivity index (χ1n) is 6.50. The fraction of sp³-hybridized carbons (Fsp3) is 0.500. The van der Waals surface area contributed by atoms with Gasteiger partial charge in [-0.25, -0.2) is 0 Å². The molecule has 2 rings (SSSR count). The first-order chi connectivity index (χ1) is 9.10. The Labute approximate surface area is 113 Å². The van der Waals surface area contributed by atoms with Crippen LogP contribution in [0.1, 0.15) is 26.2 Å². The van der Waals surface area contributed by atoms with E-state index in [1.807, 2.05) is 0 Å². The van der Waals surface area contributed by atoms with Crippen LogP contribution in [0.2, 0.25) is 0 Å². The molecule has 5 nitrogen and oxygen atoms in total. The second-order valence-corrected chi connectivity index (χ2v) is 4.78. The molecule has 1 aromatic carbocycles. The van der Waals surface area contributed by atoms with Crippen molar-refractivity contribution in [1.82, 2.24) is 0 Å². The minimum absolute atomic E-state index is 0.171. The molecule has 0 saturated heterocycles. The largest absolute Gasteiger partial charge is 0.494 e. The Morgan fingerprint density at radius 3 is 2.79 bits per heavy atom. The smallest absolute Gasteiger partial charge is 0.253 e. The molecule has 1 unspecified atom stereocenters. The molecule has 1 aromatic rings. The molecule has 0 aromatic heterocycles. The van der Waals surface area contributed by atoms with Crippen LogP contribution in [0, 0.1) is 0 Å². The normalized spacial score (nSPS) is 16.5. The van der Waals surface area contributed by atoms with Crippen LogP contribution in [0.5, 0.6) is 5.75 Å². The molecule has 3 N–H and O–H groups in total. The Hall–Kier alpha value is -1.75. The van der Waals surface area contributed by atoms with Gasteiger partial charge in [-0.3, -0.25) is 4.79 Å². The van der Waals surface area contributed by atoms with E-state index in [0.29, 0.717) is 17.1 Å². The molecule has 104 valence electrons. The van der Waals surface area contributed by atoms with Crippen molar-refractivity contribution in [1.29, 1.82) is 0 Å². The van der Waals surface area contributed by atoms with Gasteiger partial charge in [0.2, 0.25) is 0 Å². The van der Waals surface area contributed by atoms with E-state index in [9.17, 15) is 4.79 Å². The highest BCUT2D eigenvalue weighted by atomic mass is 16.5. The molecule has 5 heteroatoms. The van der Waals surface area contributed by atoms with E-state index in [1.165, 1.54) is 6.42 Å². The average Bonchev–Trinajstić information content (AvgIpc) is 2.35. The summed E-state index contributed by atoms with van der Waals surface area (Å²) in [6.45, 7) is 1.76. The zero-order valence-electron chi connectivity index (χ0n) is 11.3. The molecular weight excluding hydrogens is 244 g/mol. The maximum Gasteiger partial charge on any atom is 0.253 e. The fourth-order valence-electron chi connectivity index (χ4n) is 1.90. The number of nitrogen functional groups attached to an aromatic ring is 1. The van der Waals surface area contributed by atoms with Crippen LogP contribution in [0.3, 0.4) is 0 Å². The highest BCUT2D eigenvalue weighted by molar-refractivity contribution is 5.95. The summed E-state index contributed by atoms with van der Waals surface area (Å²) < 4.78 is 10.8. The van der Waals surface area contributed by atoms with E-state index in [2.05, 4.69) is 5.32 Å². The number of amides is 1. The quantitative estimate of drug-likeness (QED) is 0.799. The molecule has 0 spiro atoms. The van der Waals surface area contributed by atoms with Gasteiger partial charge >= 0.3 is 0 Å². The van der Waals surface area contributed by atoms with Crippen molar-refractivity contribution in [3.63, 3.8) is 0 Å².